The number of hydrogen-bond donors (Lipinski definition) is 2. The zero-order valence-corrected chi connectivity index (χ0v) is 19.5. The van der Waals surface area contributed by atoms with Crippen LogP contribution >= 0.6 is 0 Å². The Kier molecular flexibility index (Phi) is 6.71. The standard InChI is InChI=1S/C30H40O2/c31-28-16-8-24(9-17-28)22-4-12-26(13-5-22)30(20-2-1-3-21-30)27-14-6-23(7-15-27)25-10-18-29(32)19-11-25/h4-7,12-15,24-25,28-29,31-32H,1-3,8-11,16-21H2. The second-order valence-corrected chi connectivity index (χ2v) is 10.9. The van der Waals surface area contributed by atoms with Crippen molar-refractivity contribution < 1.29 is 10.2 Å². The van der Waals surface area contributed by atoms with Crippen molar-refractivity contribution in [1.29, 1.82) is 0 Å². The summed E-state index contributed by atoms with van der Waals surface area (Å²) in [7, 11) is 0. The summed E-state index contributed by atoms with van der Waals surface area (Å²) >= 11 is 0. The maximum Gasteiger partial charge on any atom is 0.0540 e. The van der Waals surface area contributed by atoms with Gasteiger partial charge in [0.1, 0.15) is 0 Å². The summed E-state index contributed by atoms with van der Waals surface area (Å²) < 4.78 is 0. The number of benzene rings is 2. The van der Waals surface area contributed by atoms with Gasteiger partial charge in [-0.25, -0.2) is 0 Å². The van der Waals surface area contributed by atoms with Crippen molar-refractivity contribution in [2.24, 2.45) is 0 Å². The minimum absolute atomic E-state index is 0.0855. The van der Waals surface area contributed by atoms with Crippen molar-refractivity contribution in [3.8, 4) is 0 Å². The fourth-order valence-corrected chi connectivity index (χ4v) is 6.87. The van der Waals surface area contributed by atoms with Crippen LogP contribution in [0.2, 0.25) is 0 Å². The van der Waals surface area contributed by atoms with Crippen LogP contribution in [0.25, 0.3) is 0 Å². The van der Waals surface area contributed by atoms with E-state index < -0.39 is 0 Å². The van der Waals surface area contributed by atoms with E-state index in [4.69, 9.17) is 0 Å². The van der Waals surface area contributed by atoms with E-state index in [0.717, 1.165) is 51.4 Å². The molecule has 32 heavy (non-hydrogen) atoms. The largest absolute Gasteiger partial charge is 0.393 e. The van der Waals surface area contributed by atoms with Gasteiger partial charge in [-0.15, -0.1) is 0 Å². The van der Waals surface area contributed by atoms with E-state index in [1.54, 1.807) is 0 Å². The average Bonchev–Trinajstić information content (AvgIpc) is 2.86. The van der Waals surface area contributed by atoms with Crippen LogP contribution in [-0.2, 0) is 5.41 Å². The molecular weight excluding hydrogens is 392 g/mol. The average molecular weight is 433 g/mol. The van der Waals surface area contributed by atoms with Gasteiger partial charge in [0.2, 0.25) is 0 Å². The van der Waals surface area contributed by atoms with Crippen LogP contribution in [0.1, 0.15) is 118 Å². The molecule has 0 aliphatic heterocycles. The Morgan fingerprint density at radius 3 is 1.25 bits per heavy atom. The zero-order valence-electron chi connectivity index (χ0n) is 19.5. The Morgan fingerprint density at radius 1 is 0.500 bits per heavy atom. The van der Waals surface area contributed by atoms with E-state index in [9.17, 15) is 10.2 Å². The third kappa shape index (κ3) is 4.54. The van der Waals surface area contributed by atoms with Crippen LogP contribution in [0.4, 0.5) is 0 Å². The number of aliphatic hydroxyl groups excluding tert-OH is 2. The lowest BCUT2D eigenvalue weighted by Gasteiger charge is -2.39. The second-order valence-electron chi connectivity index (χ2n) is 10.9. The second kappa shape index (κ2) is 9.69. The third-order valence-electron chi connectivity index (χ3n) is 8.97. The van der Waals surface area contributed by atoms with Gasteiger partial charge in [-0.1, -0.05) is 67.8 Å². The Hall–Kier alpha value is -1.64. The number of hydrogen-bond acceptors (Lipinski definition) is 2. The van der Waals surface area contributed by atoms with Gasteiger partial charge in [0.15, 0.2) is 0 Å². The first-order valence-corrected chi connectivity index (χ1v) is 13.2. The van der Waals surface area contributed by atoms with Gasteiger partial charge in [0, 0.05) is 5.41 Å². The summed E-state index contributed by atoms with van der Waals surface area (Å²) in [5.74, 6) is 1.23. The molecule has 2 N–H and O–H groups in total. The van der Waals surface area contributed by atoms with Gasteiger partial charge in [-0.3, -0.25) is 0 Å². The summed E-state index contributed by atoms with van der Waals surface area (Å²) in [5.41, 5.74) is 6.06. The molecule has 3 aliphatic carbocycles. The number of aliphatic hydroxyl groups is 2. The molecular formula is C30H40O2. The smallest absolute Gasteiger partial charge is 0.0540 e. The molecule has 5 rings (SSSR count). The summed E-state index contributed by atoms with van der Waals surface area (Å²) in [6, 6.07) is 19.2. The fourth-order valence-electron chi connectivity index (χ4n) is 6.87. The molecule has 0 spiro atoms. The molecule has 0 aromatic heterocycles. The molecule has 2 nitrogen and oxygen atoms in total. The minimum Gasteiger partial charge on any atom is -0.393 e. The van der Waals surface area contributed by atoms with E-state index in [2.05, 4.69) is 48.5 Å². The van der Waals surface area contributed by atoms with E-state index >= 15 is 0 Å². The Labute approximate surface area is 194 Å². The summed E-state index contributed by atoms with van der Waals surface area (Å²) in [4.78, 5) is 0. The quantitative estimate of drug-likeness (QED) is 0.547. The molecule has 0 heterocycles. The molecule has 0 bridgehead atoms. The molecule has 0 radical (unpaired) electrons. The maximum atomic E-state index is 9.85. The highest BCUT2D eigenvalue weighted by Gasteiger charge is 2.36. The fraction of sp³-hybridized carbons (Fsp3) is 0.600. The molecule has 0 saturated heterocycles. The molecule has 3 fully saturated rings. The predicted molar refractivity (Wildman–Crippen MR) is 131 cm³/mol. The minimum atomic E-state index is -0.0855. The molecule has 2 aromatic carbocycles. The van der Waals surface area contributed by atoms with E-state index in [0.29, 0.717) is 11.8 Å². The highest BCUT2D eigenvalue weighted by Crippen LogP contribution is 2.46. The van der Waals surface area contributed by atoms with Crippen LogP contribution in [0, 0.1) is 0 Å². The highest BCUT2D eigenvalue weighted by molar-refractivity contribution is 5.43. The first kappa shape index (κ1) is 22.2. The van der Waals surface area contributed by atoms with Crippen LogP contribution in [0.3, 0.4) is 0 Å². The first-order valence-electron chi connectivity index (χ1n) is 13.2. The first-order chi connectivity index (χ1) is 15.6. The maximum absolute atomic E-state index is 9.85. The summed E-state index contributed by atoms with van der Waals surface area (Å²) in [6.07, 6.45) is 14.6. The van der Waals surface area contributed by atoms with Gasteiger partial charge in [-0.2, -0.15) is 0 Å². The monoisotopic (exact) mass is 432 g/mol. The third-order valence-corrected chi connectivity index (χ3v) is 8.97. The SMILES string of the molecule is OC1CCC(c2ccc(C3(c4ccc(C5CCC(O)CC5)cc4)CCCCC3)cc2)CC1. The molecule has 0 amide bonds. The zero-order chi connectivity index (χ0) is 22.0. The van der Waals surface area contributed by atoms with Gasteiger partial charge >= 0.3 is 0 Å². The van der Waals surface area contributed by atoms with Gasteiger partial charge < -0.3 is 10.2 Å². The molecule has 3 aliphatic rings. The number of rotatable bonds is 4. The van der Waals surface area contributed by atoms with Crippen molar-refractivity contribution in [2.45, 2.75) is 113 Å². The van der Waals surface area contributed by atoms with Crippen molar-refractivity contribution >= 4 is 0 Å². The molecule has 3 saturated carbocycles. The van der Waals surface area contributed by atoms with E-state index in [1.165, 1.54) is 54.4 Å². The Bertz CT molecular complexity index is 779. The van der Waals surface area contributed by atoms with Crippen molar-refractivity contribution in [3.05, 3.63) is 70.8 Å². The van der Waals surface area contributed by atoms with Crippen molar-refractivity contribution in [2.75, 3.05) is 0 Å². The van der Waals surface area contributed by atoms with Crippen LogP contribution in [-0.4, -0.2) is 22.4 Å². The summed E-state index contributed by atoms with van der Waals surface area (Å²) in [6.45, 7) is 0. The molecule has 2 aromatic rings. The van der Waals surface area contributed by atoms with Crippen molar-refractivity contribution in [1.82, 2.24) is 0 Å². The molecule has 0 atom stereocenters. The summed E-state index contributed by atoms with van der Waals surface area (Å²) in [5, 5.41) is 19.7. The predicted octanol–water partition coefficient (Wildman–Crippen LogP) is 6.97. The van der Waals surface area contributed by atoms with E-state index in [-0.39, 0.29) is 17.6 Å². The Balaban J connectivity index is 1.38. The lowest BCUT2D eigenvalue weighted by atomic mass is 9.65. The lowest BCUT2D eigenvalue weighted by molar-refractivity contribution is 0.122. The van der Waals surface area contributed by atoms with Crippen LogP contribution < -0.4 is 0 Å². The lowest BCUT2D eigenvalue weighted by Crippen LogP contribution is -2.30. The normalized spacial score (nSPS) is 30.7. The van der Waals surface area contributed by atoms with Gasteiger partial charge in [0.05, 0.1) is 12.2 Å². The molecule has 0 unspecified atom stereocenters. The molecule has 2 heteroatoms. The van der Waals surface area contributed by atoms with Gasteiger partial charge in [0.25, 0.3) is 0 Å². The van der Waals surface area contributed by atoms with E-state index in [1.807, 2.05) is 0 Å². The van der Waals surface area contributed by atoms with Crippen LogP contribution in [0.15, 0.2) is 48.5 Å². The van der Waals surface area contributed by atoms with Crippen LogP contribution in [0.5, 0.6) is 0 Å². The topological polar surface area (TPSA) is 40.5 Å². The Morgan fingerprint density at radius 2 is 0.875 bits per heavy atom. The molecule has 172 valence electrons. The van der Waals surface area contributed by atoms with Gasteiger partial charge in [-0.05, 0) is 98.3 Å². The highest BCUT2D eigenvalue weighted by atomic mass is 16.3. The van der Waals surface area contributed by atoms with Crippen molar-refractivity contribution in [3.63, 3.8) is 0 Å².